The van der Waals surface area contributed by atoms with Crippen LogP contribution in [0.4, 0.5) is 0 Å². The predicted octanol–water partition coefficient (Wildman–Crippen LogP) is 5.60. The minimum Gasteiger partial charge on any atom is -0.227 e. The monoisotopic (exact) mass is 364 g/mol. The molecule has 0 aliphatic carbocycles. The van der Waals surface area contributed by atoms with Crippen LogP contribution in [0.3, 0.4) is 0 Å². The van der Waals surface area contributed by atoms with E-state index in [0.29, 0.717) is 11.0 Å². The second-order valence-corrected chi connectivity index (χ2v) is 6.78. The van der Waals surface area contributed by atoms with Gasteiger partial charge in [-0.05, 0) is 28.9 Å². The molecule has 0 saturated heterocycles. The first kappa shape index (κ1) is 13.7. The molecule has 2 aromatic heterocycles. The van der Waals surface area contributed by atoms with Gasteiger partial charge >= 0.3 is 0 Å². The van der Waals surface area contributed by atoms with Crippen molar-refractivity contribution in [2.45, 2.75) is 6.92 Å². The first-order valence-corrected chi connectivity index (χ1v) is 7.98. The van der Waals surface area contributed by atoms with Crippen LogP contribution in [0.5, 0.6) is 0 Å². The van der Waals surface area contributed by atoms with Gasteiger partial charge in [0.15, 0.2) is 5.82 Å². The molecule has 100 valence electrons. The maximum Gasteiger partial charge on any atom is 0.171 e. The van der Waals surface area contributed by atoms with Crippen LogP contribution in [0.15, 0.2) is 46.9 Å². The highest BCUT2D eigenvalue weighted by Crippen LogP contribution is 2.33. The maximum atomic E-state index is 6.14. The van der Waals surface area contributed by atoms with Crippen molar-refractivity contribution in [1.29, 1.82) is 0 Å². The van der Waals surface area contributed by atoms with Crippen molar-refractivity contribution in [2.24, 2.45) is 0 Å². The van der Waals surface area contributed by atoms with E-state index in [-0.39, 0.29) is 0 Å². The molecule has 0 bridgehead atoms. The van der Waals surface area contributed by atoms with Crippen molar-refractivity contribution in [3.8, 4) is 22.0 Å². The Morgan fingerprint density at radius 2 is 1.85 bits per heavy atom. The zero-order valence-electron chi connectivity index (χ0n) is 10.6. The van der Waals surface area contributed by atoms with Gasteiger partial charge < -0.3 is 0 Å². The van der Waals surface area contributed by atoms with Gasteiger partial charge in [0.1, 0.15) is 5.15 Å². The van der Waals surface area contributed by atoms with Crippen molar-refractivity contribution < 1.29 is 0 Å². The van der Waals surface area contributed by atoms with Crippen LogP contribution >= 0.6 is 38.9 Å². The summed E-state index contributed by atoms with van der Waals surface area (Å²) in [5, 5.41) is 0.455. The number of aryl methyl sites for hydroxylation is 1. The summed E-state index contributed by atoms with van der Waals surface area (Å²) in [4.78, 5) is 11.2. The Bertz CT molecular complexity index is 736. The molecule has 5 heteroatoms. The molecule has 0 N–H and O–H groups in total. The number of nitrogens with zero attached hydrogens (tertiary/aromatic N) is 2. The van der Waals surface area contributed by atoms with Crippen molar-refractivity contribution in [3.63, 3.8) is 0 Å². The Morgan fingerprint density at radius 1 is 1.10 bits per heavy atom. The normalized spacial score (nSPS) is 10.8. The first-order chi connectivity index (χ1) is 9.63. The highest BCUT2D eigenvalue weighted by Gasteiger charge is 2.11. The summed E-state index contributed by atoms with van der Waals surface area (Å²) in [7, 11) is 0. The molecule has 0 saturated carbocycles. The van der Waals surface area contributed by atoms with Crippen LogP contribution < -0.4 is 0 Å². The van der Waals surface area contributed by atoms with E-state index in [1.54, 1.807) is 17.4 Å². The number of halogens is 2. The summed E-state index contributed by atoms with van der Waals surface area (Å²) in [6.07, 6.45) is 0. The van der Waals surface area contributed by atoms with Gasteiger partial charge in [0.2, 0.25) is 0 Å². The number of rotatable bonds is 2. The lowest BCUT2D eigenvalue weighted by Crippen LogP contribution is -1.91. The van der Waals surface area contributed by atoms with Crippen LogP contribution in [0.1, 0.15) is 4.88 Å². The Hall–Kier alpha value is -1.23. The largest absolute Gasteiger partial charge is 0.227 e. The molecule has 0 aliphatic heterocycles. The maximum absolute atomic E-state index is 6.14. The zero-order valence-corrected chi connectivity index (χ0v) is 13.8. The second kappa shape index (κ2) is 5.64. The van der Waals surface area contributed by atoms with E-state index in [0.717, 1.165) is 20.6 Å². The summed E-state index contributed by atoms with van der Waals surface area (Å²) in [5.41, 5.74) is 1.87. The van der Waals surface area contributed by atoms with E-state index in [1.165, 1.54) is 4.88 Å². The van der Waals surface area contributed by atoms with E-state index in [4.69, 9.17) is 11.6 Å². The summed E-state index contributed by atoms with van der Waals surface area (Å²) >= 11 is 11.3. The SMILES string of the molecule is Cc1sc(-c2nc(Cl)cc(-c3ccccc3)n2)cc1Br. The molecule has 0 spiro atoms. The van der Waals surface area contributed by atoms with E-state index in [9.17, 15) is 0 Å². The third-order valence-electron chi connectivity index (χ3n) is 2.84. The van der Waals surface area contributed by atoms with Gasteiger partial charge in [-0.15, -0.1) is 11.3 Å². The highest BCUT2D eigenvalue weighted by atomic mass is 79.9. The molecule has 2 nitrogen and oxygen atoms in total. The summed E-state index contributed by atoms with van der Waals surface area (Å²) < 4.78 is 1.07. The molecular formula is C15H10BrClN2S. The standard InChI is InChI=1S/C15H10BrClN2S/c1-9-11(16)7-13(20-9)15-18-12(8-14(17)19-15)10-5-3-2-4-6-10/h2-8H,1H3. The third-order valence-corrected chi connectivity index (χ3v) is 5.17. The smallest absolute Gasteiger partial charge is 0.171 e. The van der Waals surface area contributed by atoms with Crippen LogP contribution in [0.2, 0.25) is 5.15 Å². The molecule has 0 atom stereocenters. The quantitative estimate of drug-likeness (QED) is 0.553. The molecule has 1 aromatic carbocycles. The molecule has 0 amide bonds. The van der Waals surface area contributed by atoms with Crippen molar-refractivity contribution in [2.75, 3.05) is 0 Å². The Balaban J connectivity index is 2.12. The predicted molar refractivity (Wildman–Crippen MR) is 88.2 cm³/mol. The molecule has 3 aromatic rings. The van der Waals surface area contributed by atoms with Crippen LogP contribution in [-0.2, 0) is 0 Å². The summed E-state index contributed by atoms with van der Waals surface area (Å²) in [6, 6.07) is 13.8. The second-order valence-electron chi connectivity index (χ2n) is 4.28. The molecular weight excluding hydrogens is 356 g/mol. The van der Waals surface area contributed by atoms with Crippen LogP contribution in [-0.4, -0.2) is 9.97 Å². The lowest BCUT2D eigenvalue weighted by Gasteiger charge is -2.04. The summed E-state index contributed by atoms with van der Waals surface area (Å²) in [6.45, 7) is 2.06. The zero-order chi connectivity index (χ0) is 14.1. The van der Waals surface area contributed by atoms with Crippen molar-refractivity contribution in [1.82, 2.24) is 9.97 Å². The van der Waals surface area contributed by atoms with Gasteiger partial charge in [0.25, 0.3) is 0 Å². The van der Waals surface area contributed by atoms with Gasteiger partial charge in [-0.3, -0.25) is 0 Å². The lowest BCUT2D eigenvalue weighted by molar-refractivity contribution is 1.19. The topological polar surface area (TPSA) is 25.8 Å². The minimum atomic E-state index is 0.455. The molecule has 2 heterocycles. The molecule has 20 heavy (non-hydrogen) atoms. The Morgan fingerprint density at radius 3 is 2.50 bits per heavy atom. The van der Waals surface area contributed by atoms with Gasteiger partial charge in [-0.25, -0.2) is 9.97 Å². The number of benzene rings is 1. The van der Waals surface area contributed by atoms with Gasteiger partial charge in [0, 0.05) is 21.0 Å². The van der Waals surface area contributed by atoms with Crippen LogP contribution in [0.25, 0.3) is 22.0 Å². The van der Waals surface area contributed by atoms with Gasteiger partial charge in [-0.1, -0.05) is 41.9 Å². The van der Waals surface area contributed by atoms with E-state index < -0.39 is 0 Å². The number of hydrogen-bond donors (Lipinski definition) is 0. The highest BCUT2D eigenvalue weighted by molar-refractivity contribution is 9.10. The first-order valence-electron chi connectivity index (χ1n) is 6.00. The average Bonchev–Trinajstić information content (AvgIpc) is 2.79. The molecule has 0 unspecified atom stereocenters. The third kappa shape index (κ3) is 2.77. The fourth-order valence-corrected chi connectivity index (χ4v) is 3.51. The van der Waals surface area contributed by atoms with Gasteiger partial charge in [-0.2, -0.15) is 0 Å². The Kier molecular flexibility index (Phi) is 3.87. The fraction of sp³-hybridized carbons (Fsp3) is 0.0667. The minimum absolute atomic E-state index is 0.455. The molecule has 0 aliphatic rings. The lowest BCUT2D eigenvalue weighted by atomic mass is 10.1. The number of aromatic nitrogens is 2. The van der Waals surface area contributed by atoms with Gasteiger partial charge in [0.05, 0.1) is 10.6 Å². The molecule has 0 fully saturated rings. The van der Waals surface area contributed by atoms with E-state index >= 15 is 0 Å². The fourth-order valence-electron chi connectivity index (χ4n) is 1.85. The molecule has 3 rings (SSSR count). The van der Waals surface area contributed by atoms with E-state index in [2.05, 4.69) is 32.8 Å². The molecule has 0 radical (unpaired) electrons. The summed E-state index contributed by atoms with van der Waals surface area (Å²) in [5.74, 6) is 0.662. The average molecular weight is 366 g/mol. The Labute approximate surface area is 134 Å². The van der Waals surface area contributed by atoms with E-state index in [1.807, 2.05) is 36.4 Å². The number of hydrogen-bond acceptors (Lipinski definition) is 3. The van der Waals surface area contributed by atoms with Crippen LogP contribution in [0, 0.1) is 6.92 Å². The number of thiophene rings is 1. The van der Waals surface area contributed by atoms with Crippen molar-refractivity contribution >= 4 is 38.9 Å². The van der Waals surface area contributed by atoms with Crippen molar-refractivity contribution in [3.05, 3.63) is 57.0 Å².